The fraction of sp³-hybridized carbons (Fsp3) is 0.375. The highest BCUT2D eigenvalue weighted by Crippen LogP contribution is 2.22. The largest absolute Gasteiger partial charge is 0.447 e. The maximum atomic E-state index is 12.0. The van der Waals surface area contributed by atoms with E-state index >= 15 is 0 Å². The molecule has 0 aliphatic carbocycles. The topological polar surface area (TPSA) is 77.8 Å². The number of aliphatic imine (C=N–C) groups is 1. The van der Waals surface area contributed by atoms with Gasteiger partial charge in [-0.2, -0.15) is 0 Å². The van der Waals surface area contributed by atoms with Crippen LogP contribution in [0.4, 0.5) is 10.5 Å². The molecule has 27 heavy (non-hydrogen) atoms. The zero-order valence-electron chi connectivity index (χ0n) is 16.0. The summed E-state index contributed by atoms with van der Waals surface area (Å²) in [5, 5.41) is 4.36. The normalized spacial score (nSPS) is 11.4. The van der Waals surface area contributed by atoms with Crippen LogP contribution in [-0.2, 0) is 9.63 Å². The molecule has 0 aromatic heterocycles. The van der Waals surface area contributed by atoms with Crippen molar-refractivity contribution in [2.24, 2.45) is 10.1 Å². The molecule has 0 heterocycles. The van der Waals surface area contributed by atoms with Crippen molar-refractivity contribution in [2.45, 2.75) is 6.92 Å². The van der Waals surface area contributed by atoms with Gasteiger partial charge in [-0.3, -0.25) is 13.9 Å². The molecule has 1 aromatic rings. The van der Waals surface area contributed by atoms with Gasteiger partial charge in [0, 0.05) is 33.2 Å². The third-order valence-electron chi connectivity index (χ3n) is 3.02. The summed E-state index contributed by atoms with van der Waals surface area (Å²) in [4.78, 5) is 34.4. The first kappa shape index (κ1) is 23.1. The molecule has 0 spiro atoms. The van der Waals surface area contributed by atoms with Crippen LogP contribution in [0, 0.1) is 6.92 Å². The van der Waals surface area contributed by atoms with Gasteiger partial charge in [0.1, 0.15) is 6.34 Å². The lowest BCUT2D eigenvalue weighted by Crippen LogP contribution is -2.29. The number of oxime groups is 1. The van der Waals surface area contributed by atoms with Crippen molar-refractivity contribution in [3.05, 3.63) is 28.8 Å². The SMILES string of the molecule is CS/C(=N\OC(=O)N(C)SN(C)C=Nc1ccc(Cl)cc1C)C(=O)N(C)C. The smallest absolute Gasteiger partial charge is 0.343 e. The number of hydrogen-bond acceptors (Lipinski definition) is 7. The summed E-state index contributed by atoms with van der Waals surface area (Å²) in [5.41, 5.74) is 1.71. The molecule has 0 unspecified atom stereocenters. The third kappa shape index (κ3) is 7.69. The van der Waals surface area contributed by atoms with Gasteiger partial charge < -0.3 is 4.90 Å². The van der Waals surface area contributed by atoms with E-state index in [0.717, 1.165) is 35.1 Å². The predicted octanol–water partition coefficient (Wildman–Crippen LogP) is 3.64. The molecule has 11 heteroatoms. The van der Waals surface area contributed by atoms with Crippen molar-refractivity contribution in [2.75, 3.05) is 34.4 Å². The molecule has 0 fully saturated rings. The molecule has 0 saturated carbocycles. The highest BCUT2D eigenvalue weighted by molar-refractivity contribution is 8.15. The fourth-order valence-electron chi connectivity index (χ4n) is 1.65. The minimum Gasteiger partial charge on any atom is -0.343 e. The van der Waals surface area contributed by atoms with Crippen LogP contribution in [0.3, 0.4) is 0 Å². The fourth-order valence-corrected chi connectivity index (χ4v) is 2.92. The Bertz CT molecular complexity index is 743. The molecule has 1 rings (SSSR count). The molecule has 148 valence electrons. The van der Waals surface area contributed by atoms with Crippen LogP contribution in [0.1, 0.15) is 5.56 Å². The Morgan fingerprint density at radius 2 is 1.89 bits per heavy atom. The summed E-state index contributed by atoms with van der Waals surface area (Å²) in [7, 11) is 6.44. The maximum Gasteiger partial charge on any atom is 0.447 e. The van der Waals surface area contributed by atoms with Crippen molar-refractivity contribution in [1.29, 1.82) is 0 Å². The van der Waals surface area contributed by atoms with E-state index < -0.39 is 6.09 Å². The number of aryl methyl sites for hydroxylation is 1. The molecule has 0 radical (unpaired) electrons. The minimum absolute atomic E-state index is 0.0832. The van der Waals surface area contributed by atoms with Gasteiger partial charge in [0.05, 0.1) is 17.8 Å². The molecule has 0 saturated heterocycles. The van der Waals surface area contributed by atoms with E-state index in [0.29, 0.717) is 5.02 Å². The van der Waals surface area contributed by atoms with Crippen LogP contribution < -0.4 is 0 Å². The van der Waals surface area contributed by atoms with Crippen LogP contribution in [0.15, 0.2) is 28.3 Å². The summed E-state index contributed by atoms with van der Waals surface area (Å²) in [6.45, 7) is 1.91. The minimum atomic E-state index is -0.721. The second-order valence-electron chi connectivity index (χ2n) is 5.46. The highest BCUT2D eigenvalue weighted by atomic mass is 35.5. The van der Waals surface area contributed by atoms with E-state index in [-0.39, 0.29) is 11.0 Å². The molecule has 0 atom stereocenters. The summed E-state index contributed by atoms with van der Waals surface area (Å²) in [6, 6.07) is 5.39. The summed E-state index contributed by atoms with van der Waals surface area (Å²) >= 11 is 8.07. The zero-order valence-corrected chi connectivity index (χ0v) is 18.4. The number of carbonyl (C=O) groups is 2. The van der Waals surface area contributed by atoms with Crippen molar-refractivity contribution >= 4 is 64.6 Å². The highest BCUT2D eigenvalue weighted by Gasteiger charge is 2.17. The van der Waals surface area contributed by atoms with E-state index in [1.54, 1.807) is 44.1 Å². The number of nitrogens with zero attached hydrogens (tertiary/aromatic N) is 5. The Labute approximate surface area is 172 Å². The average Bonchev–Trinajstić information content (AvgIpc) is 2.60. The van der Waals surface area contributed by atoms with Gasteiger partial charge in [-0.25, -0.2) is 14.1 Å². The van der Waals surface area contributed by atoms with Crippen molar-refractivity contribution in [3.63, 3.8) is 0 Å². The van der Waals surface area contributed by atoms with E-state index in [1.165, 1.54) is 16.3 Å². The lowest BCUT2D eigenvalue weighted by Gasteiger charge is -2.18. The van der Waals surface area contributed by atoms with Gasteiger partial charge in [-0.15, -0.1) is 11.8 Å². The second-order valence-corrected chi connectivity index (χ2v) is 7.98. The number of amides is 2. The molecule has 1 aromatic carbocycles. The Balaban J connectivity index is 2.63. The van der Waals surface area contributed by atoms with Crippen LogP contribution in [0.2, 0.25) is 5.02 Å². The van der Waals surface area contributed by atoms with Crippen LogP contribution in [0.5, 0.6) is 0 Å². The van der Waals surface area contributed by atoms with E-state index in [9.17, 15) is 9.59 Å². The van der Waals surface area contributed by atoms with Crippen LogP contribution >= 0.6 is 35.5 Å². The lowest BCUT2D eigenvalue weighted by atomic mass is 10.2. The quantitative estimate of drug-likeness (QED) is 0.233. The number of hydrogen-bond donors (Lipinski definition) is 0. The van der Waals surface area contributed by atoms with E-state index in [2.05, 4.69) is 10.1 Å². The Kier molecular flexibility index (Phi) is 9.47. The summed E-state index contributed by atoms with van der Waals surface area (Å²) < 4.78 is 2.85. The molecule has 2 amide bonds. The second kappa shape index (κ2) is 11.1. The van der Waals surface area contributed by atoms with Gasteiger partial charge in [-0.05, 0) is 36.9 Å². The molecule has 0 aliphatic heterocycles. The number of rotatable bonds is 5. The Morgan fingerprint density at radius 3 is 2.44 bits per heavy atom. The summed E-state index contributed by atoms with van der Waals surface area (Å²) in [6.07, 6.45) is 2.52. The molecular weight excluding hydrogens is 410 g/mol. The van der Waals surface area contributed by atoms with Crippen molar-refractivity contribution in [3.8, 4) is 0 Å². The third-order valence-corrected chi connectivity index (χ3v) is 4.63. The predicted molar refractivity (Wildman–Crippen MR) is 114 cm³/mol. The number of thioether (sulfide) groups is 1. The standard InChI is InChI=1S/C16H22ClN5O3S2/c1-11-9-12(17)7-8-13(11)18-10-21(4)27-22(5)16(24)25-19-14(26-6)15(23)20(2)3/h7-10H,1-6H3/b18-10?,19-14-. The van der Waals surface area contributed by atoms with Gasteiger partial charge in [0.2, 0.25) is 5.04 Å². The first-order valence-corrected chi connectivity index (χ1v) is 9.98. The van der Waals surface area contributed by atoms with Gasteiger partial charge in [0.25, 0.3) is 5.91 Å². The molecule has 0 bridgehead atoms. The first-order valence-electron chi connectivity index (χ1n) is 7.65. The van der Waals surface area contributed by atoms with Crippen LogP contribution in [-0.4, -0.2) is 71.3 Å². The van der Waals surface area contributed by atoms with Crippen molar-refractivity contribution < 1.29 is 14.4 Å². The van der Waals surface area contributed by atoms with Gasteiger partial charge >= 0.3 is 6.09 Å². The van der Waals surface area contributed by atoms with E-state index in [1.807, 2.05) is 19.1 Å². The first-order chi connectivity index (χ1) is 12.6. The molecular formula is C16H22ClN5O3S2. The van der Waals surface area contributed by atoms with Crippen molar-refractivity contribution in [1.82, 2.24) is 13.5 Å². The molecule has 0 N–H and O–H groups in total. The van der Waals surface area contributed by atoms with Gasteiger partial charge in [0.15, 0.2) is 0 Å². The number of carbonyl (C=O) groups excluding carboxylic acids is 2. The monoisotopic (exact) mass is 431 g/mol. The Morgan fingerprint density at radius 1 is 1.22 bits per heavy atom. The number of benzene rings is 1. The average molecular weight is 432 g/mol. The summed E-state index contributed by atoms with van der Waals surface area (Å²) in [5.74, 6) is -0.340. The zero-order chi connectivity index (χ0) is 20.6. The van der Waals surface area contributed by atoms with E-state index in [4.69, 9.17) is 16.4 Å². The van der Waals surface area contributed by atoms with Crippen LogP contribution in [0.25, 0.3) is 0 Å². The number of halogens is 1. The molecule has 8 nitrogen and oxygen atoms in total. The maximum absolute atomic E-state index is 12.0. The Hall–Kier alpha value is -1.91. The lowest BCUT2D eigenvalue weighted by molar-refractivity contribution is -0.121. The van der Waals surface area contributed by atoms with Gasteiger partial charge in [-0.1, -0.05) is 16.8 Å². The molecule has 0 aliphatic rings.